The maximum Gasteiger partial charge on any atom is 0.261 e. The summed E-state index contributed by atoms with van der Waals surface area (Å²) in [5.74, 6) is -0.627. The van der Waals surface area contributed by atoms with Crippen LogP contribution in [0.2, 0.25) is 0 Å². The van der Waals surface area contributed by atoms with Crippen molar-refractivity contribution < 1.29 is 17.6 Å². The summed E-state index contributed by atoms with van der Waals surface area (Å²) in [4.78, 5) is 26.7. The molecular weight excluding hydrogens is 477 g/mol. The van der Waals surface area contributed by atoms with Crippen LogP contribution in [-0.2, 0) is 10.0 Å². The molecule has 0 spiro atoms. The number of sulfonamides is 1. The lowest BCUT2D eigenvalue weighted by Gasteiger charge is -2.34. The Hall–Kier alpha value is -3.57. The van der Waals surface area contributed by atoms with Gasteiger partial charge in [0.15, 0.2) is 5.13 Å². The van der Waals surface area contributed by atoms with Crippen molar-refractivity contribution in [2.75, 3.05) is 35.8 Å². The molecule has 1 aliphatic heterocycles. The average Bonchev–Trinajstić information content (AvgIpc) is 3.29. The molecule has 1 aliphatic rings. The van der Waals surface area contributed by atoms with Crippen molar-refractivity contribution in [3.63, 3.8) is 0 Å². The lowest BCUT2D eigenvalue weighted by molar-refractivity contribution is 0.0747. The number of amides is 1. The maximum absolute atomic E-state index is 13.1. The highest BCUT2D eigenvalue weighted by molar-refractivity contribution is 7.92. The van der Waals surface area contributed by atoms with E-state index in [2.05, 4.69) is 19.6 Å². The lowest BCUT2D eigenvalue weighted by Crippen LogP contribution is -2.48. The van der Waals surface area contributed by atoms with Crippen LogP contribution in [0.25, 0.3) is 10.3 Å². The van der Waals surface area contributed by atoms with E-state index in [9.17, 15) is 17.6 Å². The van der Waals surface area contributed by atoms with Gasteiger partial charge >= 0.3 is 0 Å². The third-order valence-corrected chi connectivity index (χ3v) is 7.94. The highest BCUT2D eigenvalue weighted by Crippen LogP contribution is 2.28. The van der Waals surface area contributed by atoms with Crippen LogP contribution in [0.15, 0.2) is 71.8 Å². The molecule has 0 atom stereocenters. The molecule has 1 N–H and O–H groups in total. The number of nitrogens with zero attached hydrogens (tertiary/aromatic N) is 4. The van der Waals surface area contributed by atoms with Gasteiger partial charge in [0, 0.05) is 43.6 Å². The third kappa shape index (κ3) is 4.57. The molecule has 0 unspecified atom stereocenters. The Balaban J connectivity index is 1.21. The number of piperazine rings is 1. The molecule has 4 aromatic rings. The molecule has 8 nitrogen and oxygen atoms in total. The Morgan fingerprint density at radius 3 is 2.35 bits per heavy atom. The average molecular weight is 498 g/mol. The normalized spacial score (nSPS) is 14.4. The van der Waals surface area contributed by atoms with Gasteiger partial charge < -0.3 is 9.80 Å². The minimum absolute atomic E-state index is 0.0455. The Morgan fingerprint density at radius 1 is 0.971 bits per heavy atom. The van der Waals surface area contributed by atoms with Gasteiger partial charge in [-0.1, -0.05) is 11.3 Å². The van der Waals surface area contributed by atoms with Crippen LogP contribution in [0.5, 0.6) is 0 Å². The molecule has 34 heavy (non-hydrogen) atoms. The van der Waals surface area contributed by atoms with Crippen LogP contribution >= 0.6 is 11.3 Å². The van der Waals surface area contributed by atoms with Crippen molar-refractivity contribution in [2.24, 2.45) is 0 Å². The van der Waals surface area contributed by atoms with Gasteiger partial charge in [-0.15, -0.1) is 0 Å². The topological polar surface area (TPSA) is 95.5 Å². The summed E-state index contributed by atoms with van der Waals surface area (Å²) in [6.07, 6.45) is 1.75. The molecule has 3 heterocycles. The molecule has 0 saturated carbocycles. The van der Waals surface area contributed by atoms with Crippen LogP contribution in [0.3, 0.4) is 0 Å². The molecular formula is C23H20FN5O3S2. The Morgan fingerprint density at radius 2 is 1.68 bits per heavy atom. The Labute approximate surface area is 199 Å². The van der Waals surface area contributed by atoms with Crippen molar-refractivity contribution in [3.05, 3.63) is 78.2 Å². The Kier molecular flexibility index (Phi) is 5.88. The molecule has 2 aromatic carbocycles. The minimum atomic E-state index is -3.85. The van der Waals surface area contributed by atoms with Crippen molar-refractivity contribution in [2.45, 2.75) is 4.90 Å². The monoisotopic (exact) mass is 497 g/mol. The first-order valence-electron chi connectivity index (χ1n) is 10.5. The molecule has 1 saturated heterocycles. The summed E-state index contributed by atoms with van der Waals surface area (Å²) in [6, 6.07) is 14.6. The number of aromatic nitrogens is 2. The maximum atomic E-state index is 13.1. The largest absolute Gasteiger partial charge is 0.344 e. The van der Waals surface area contributed by atoms with Crippen LogP contribution in [0, 0.1) is 5.82 Å². The van der Waals surface area contributed by atoms with Crippen molar-refractivity contribution in [1.82, 2.24) is 14.9 Å². The van der Waals surface area contributed by atoms with E-state index in [-0.39, 0.29) is 10.8 Å². The van der Waals surface area contributed by atoms with Crippen LogP contribution in [0.1, 0.15) is 10.4 Å². The fourth-order valence-electron chi connectivity index (χ4n) is 3.69. The zero-order chi connectivity index (χ0) is 23.7. The summed E-state index contributed by atoms with van der Waals surface area (Å²) >= 11 is 1.54. The van der Waals surface area contributed by atoms with Gasteiger partial charge in [-0.25, -0.2) is 22.8 Å². The molecule has 1 fully saturated rings. The second-order valence-electron chi connectivity index (χ2n) is 7.74. The first-order chi connectivity index (χ1) is 16.4. The number of hydrogen-bond acceptors (Lipinski definition) is 7. The van der Waals surface area contributed by atoms with Gasteiger partial charge in [-0.3, -0.25) is 9.52 Å². The Bertz CT molecular complexity index is 1400. The van der Waals surface area contributed by atoms with Crippen molar-refractivity contribution in [3.8, 4) is 0 Å². The highest BCUT2D eigenvalue weighted by atomic mass is 32.2. The van der Waals surface area contributed by atoms with Crippen molar-refractivity contribution in [1.29, 1.82) is 0 Å². The number of carbonyl (C=O) groups is 1. The van der Waals surface area contributed by atoms with E-state index in [1.54, 1.807) is 46.7 Å². The van der Waals surface area contributed by atoms with E-state index >= 15 is 0 Å². The smallest absolute Gasteiger partial charge is 0.261 e. The van der Waals surface area contributed by atoms with Gasteiger partial charge in [0.05, 0.1) is 4.90 Å². The number of rotatable bonds is 5. The molecule has 11 heteroatoms. The molecule has 1 amide bonds. The van der Waals surface area contributed by atoms with Gasteiger partial charge in [-0.2, -0.15) is 0 Å². The molecule has 0 bridgehead atoms. The van der Waals surface area contributed by atoms with Gasteiger partial charge in [0.2, 0.25) is 0 Å². The number of anilines is 2. The number of hydrogen-bond donors (Lipinski definition) is 1. The molecule has 0 aliphatic carbocycles. The fourth-order valence-corrected chi connectivity index (χ4v) is 5.70. The quantitative estimate of drug-likeness (QED) is 0.453. The second kappa shape index (κ2) is 8.99. The SMILES string of the molecule is O=C(c1ccc(NS(=O)(=O)c2ccc(F)cc2)cc1)N1CCN(c2nc3cccnc3s2)CC1. The highest BCUT2D eigenvalue weighted by Gasteiger charge is 2.24. The third-order valence-electron chi connectivity index (χ3n) is 5.50. The van der Waals surface area contributed by atoms with Crippen LogP contribution in [0.4, 0.5) is 15.2 Å². The predicted molar refractivity (Wildman–Crippen MR) is 129 cm³/mol. The number of nitrogens with one attached hydrogen (secondary N) is 1. The summed E-state index contributed by atoms with van der Waals surface area (Å²) in [7, 11) is -3.85. The predicted octanol–water partition coefficient (Wildman–Crippen LogP) is 3.59. The van der Waals surface area contributed by atoms with E-state index in [1.807, 2.05) is 12.1 Å². The van der Waals surface area contributed by atoms with E-state index in [0.29, 0.717) is 37.4 Å². The van der Waals surface area contributed by atoms with Crippen LogP contribution < -0.4 is 9.62 Å². The first-order valence-corrected chi connectivity index (χ1v) is 12.8. The standard InChI is InChI=1S/C23H20FN5O3S2/c24-17-5-9-19(10-6-17)34(31,32)27-18-7-3-16(4-8-18)22(30)28-12-14-29(15-13-28)23-26-20-2-1-11-25-21(20)33-23/h1-11,27H,12-15H2. The summed E-state index contributed by atoms with van der Waals surface area (Å²) in [5.41, 5.74) is 1.66. The molecule has 5 rings (SSSR count). The summed E-state index contributed by atoms with van der Waals surface area (Å²) in [5, 5.41) is 0.901. The number of fused-ring (bicyclic) bond motifs is 1. The number of carbonyl (C=O) groups excluding carboxylic acids is 1. The number of thiazole rings is 1. The molecule has 2 aromatic heterocycles. The van der Waals surface area contributed by atoms with E-state index in [1.165, 1.54) is 12.1 Å². The summed E-state index contributed by atoms with van der Waals surface area (Å²) in [6.45, 7) is 2.45. The van der Waals surface area contributed by atoms with Crippen LogP contribution in [-0.4, -0.2) is 55.4 Å². The minimum Gasteiger partial charge on any atom is -0.344 e. The van der Waals surface area contributed by atoms with Crippen molar-refractivity contribution >= 4 is 48.4 Å². The second-order valence-corrected chi connectivity index (χ2v) is 10.4. The first kappa shape index (κ1) is 22.2. The number of benzene rings is 2. The number of halogens is 1. The number of pyridine rings is 1. The van der Waals surface area contributed by atoms with E-state index in [4.69, 9.17) is 0 Å². The van der Waals surface area contributed by atoms with E-state index in [0.717, 1.165) is 27.6 Å². The molecule has 0 radical (unpaired) electrons. The van der Waals surface area contributed by atoms with Gasteiger partial charge in [0.1, 0.15) is 16.2 Å². The fraction of sp³-hybridized carbons (Fsp3) is 0.174. The zero-order valence-electron chi connectivity index (χ0n) is 17.9. The lowest BCUT2D eigenvalue weighted by atomic mass is 10.1. The molecule has 174 valence electrons. The summed E-state index contributed by atoms with van der Waals surface area (Å²) < 4.78 is 40.4. The van der Waals surface area contributed by atoms with E-state index < -0.39 is 15.8 Å². The van der Waals surface area contributed by atoms with Gasteiger partial charge in [0.25, 0.3) is 15.9 Å². The zero-order valence-corrected chi connectivity index (χ0v) is 19.5. The van der Waals surface area contributed by atoms with Gasteiger partial charge in [-0.05, 0) is 60.7 Å².